The summed E-state index contributed by atoms with van der Waals surface area (Å²) in [6, 6.07) is 6.21. The van der Waals surface area contributed by atoms with E-state index in [1.807, 2.05) is 12.1 Å². The van der Waals surface area contributed by atoms with Crippen LogP contribution in [-0.2, 0) is 6.42 Å². The lowest BCUT2D eigenvalue weighted by atomic mass is 9.82. The molecule has 0 saturated carbocycles. The zero-order valence-electron chi connectivity index (χ0n) is 10.9. The van der Waals surface area contributed by atoms with Crippen LogP contribution in [-0.4, -0.2) is 34.7 Å². The van der Waals surface area contributed by atoms with Gasteiger partial charge in [-0.25, -0.2) is 0 Å². The molecule has 3 rings (SSSR count). The van der Waals surface area contributed by atoms with E-state index in [-0.39, 0.29) is 0 Å². The summed E-state index contributed by atoms with van der Waals surface area (Å²) in [5.74, 6) is 0. The molecule has 2 heterocycles. The summed E-state index contributed by atoms with van der Waals surface area (Å²) in [6.07, 6.45) is 4.77. The molecule has 1 aromatic rings. The number of nitrogens with zero attached hydrogens (tertiary/aromatic N) is 1. The molecule has 0 bridgehead atoms. The summed E-state index contributed by atoms with van der Waals surface area (Å²) in [5, 5.41) is 12.0. The number of aliphatic hydroxyl groups is 1. The van der Waals surface area contributed by atoms with Gasteiger partial charge >= 0.3 is 0 Å². The number of halogens is 2. The fourth-order valence-electron chi connectivity index (χ4n) is 3.51. The number of benzene rings is 1. The van der Waals surface area contributed by atoms with E-state index in [1.54, 1.807) is 6.07 Å². The summed E-state index contributed by atoms with van der Waals surface area (Å²) in [6.45, 7) is 2.19. The predicted molar refractivity (Wildman–Crippen MR) is 78.9 cm³/mol. The molecule has 2 nitrogen and oxygen atoms in total. The van der Waals surface area contributed by atoms with Crippen LogP contribution in [0.4, 0.5) is 0 Å². The van der Waals surface area contributed by atoms with Crippen molar-refractivity contribution in [3.05, 3.63) is 33.8 Å². The van der Waals surface area contributed by atoms with Gasteiger partial charge in [-0.3, -0.25) is 0 Å². The Kier molecular flexibility index (Phi) is 3.78. The normalized spacial score (nSPS) is 31.4. The Morgan fingerprint density at radius 3 is 3.00 bits per heavy atom. The summed E-state index contributed by atoms with van der Waals surface area (Å²) in [4.78, 5) is 2.51. The van der Waals surface area contributed by atoms with Gasteiger partial charge in [0, 0.05) is 19.0 Å². The number of piperidine rings is 1. The minimum Gasteiger partial charge on any atom is -0.389 e. The average molecular weight is 300 g/mol. The number of fused-ring (bicyclic) bond motifs is 1. The Hall–Kier alpha value is -0.280. The van der Waals surface area contributed by atoms with Crippen molar-refractivity contribution >= 4 is 23.2 Å². The van der Waals surface area contributed by atoms with Gasteiger partial charge in [0.25, 0.3) is 0 Å². The Labute approximate surface area is 124 Å². The Morgan fingerprint density at radius 1 is 1.32 bits per heavy atom. The third-order valence-electron chi connectivity index (χ3n) is 4.53. The van der Waals surface area contributed by atoms with Crippen LogP contribution in [0.3, 0.4) is 0 Å². The highest BCUT2D eigenvalue weighted by Crippen LogP contribution is 2.37. The first-order valence-electron chi connectivity index (χ1n) is 6.97. The van der Waals surface area contributed by atoms with Crippen molar-refractivity contribution in [3.63, 3.8) is 0 Å². The first-order valence-corrected chi connectivity index (χ1v) is 7.72. The van der Waals surface area contributed by atoms with Crippen LogP contribution in [0.15, 0.2) is 18.2 Å². The molecule has 1 N–H and O–H groups in total. The van der Waals surface area contributed by atoms with Crippen molar-refractivity contribution < 1.29 is 5.11 Å². The van der Waals surface area contributed by atoms with Crippen molar-refractivity contribution in [2.45, 2.75) is 43.7 Å². The van der Waals surface area contributed by atoms with Gasteiger partial charge in [-0.05, 0) is 43.9 Å². The SMILES string of the molecule is OC1(Cc2cccc(Cl)c2Cl)CCN2CCCC2C1. The Bertz CT molecular complexity index is 479. The third kappa shape index (κ3) is 2.78. The zero-order chi connectivity index (χ0) is 13.5. The largest absolute Gasteiger partial charge is 0.389 e. The van der Waals surface area contributed by atoms with E-state index in [1.165, 1.54) is 19.4 Å². The summed E-state index contributed by atoms with van der Waals surface area (Å²) < 4.78 is 0. The lowest BCUT2D eigenvalue weighted by Crippen LogP contribution is -2.48. The molecule has 0 amide bonds. The molecule has 1 aromatic carbocycles. The standard InChI is InChI=1S/C15H19Cl2NO/c16-13-5-1-3-11(14(13)17)9-15(19)6-8-18-7-2-4-12(18)10-15/h1,3,5,12,19H,2,4,6-10H2. The molecule has 0 radical (unpaired) electrons. The second-order valence-corrected chi connectivity index (χ2v) is 6.69. The molecule has 0 spiro atoms. The van der Waals surface area contributed by atoms with E-state index in [9.17, 15) is 5.11 Å². The van der Waals surface area contributed by atoms with Crippen LogP contribution >= 0.6 is 23.2 Å². The van der Waals surface area contributed by atoms with Crippen LogP contribution in [0.25, 0.3) is 0 Å². The second kappa shape index (κ2) is 5.25. The van der Waals surface area contributed by atoms with Gasteiger partial charge in [-0.2, -0.15) is 0 Å². The fourth-order valence-corrected chi connectivity index (χ4v) is 3.90. The van der Waals surface area contributed by atoms with Crippen LogP contribution in [0.1, 0.15) is 31.2 Å². The third-order valence-corrected chi connectivity index (χ3v) is 5.39. The number of rotatable bonds is 2. The first kappa shape index (κ1) is 13.7. The number of hydrogen-bond donors (Lipinski definition) is 1. The highest BCUT2D eigenvalue weighted by atomic mass is 35.5. The molecule has 2 aliphatic heterocycles. The van der Waals surface area contributed by atoms with E-state index in [4.69, 9.17) is 23.2 Å². The van der Waals surface area contributed by atoms with Crippen LogP contribution in [0.5, 0.6) is 0 Å². The van der Waals surface area contributed by atoms with E-state index in [0.29, 0.717) is 22.5 Å². The monoisotopic (exact) mass is 299 g/mol. The minimum atomic E-state index is -0.625. The van der Waals surface area contributed by atoms with Gasteiger partial charge in [0.05, 0.1) is 15.6 Å². The zero-order valence-corrected chi connectivity index (χ0v) is 12.4. The summed E-state index contributed by atoms with van der Waals surface area (Å²) >= 11 is 12.3. The molecule has 0 aliphatic carbocycles. The van der Waals surface area contributed by atoms with Gasteiger partial charge < -0.3 is 10.0 Å². The van der Waals surface area contributed by atoms with Crippen LogP contribution in [0, 0.1) is 0 Å². The van der Waals surface area contributed by atoms with Gasteiger partial charge in [0.1, 0.15) is 0 Å². The quantitative estimate of drug-likeness (QED) is 0.903. The van der Waals surface area contributed by atoms with Gasteiger partial charge in [-0.1, -0.05) is 35.3 Å². The van der Waals surface area contributed by atoms with Gasteiger partial charge in [0.2, 0.25) is 0 Å². The first-order chi connectivity index (χ1) is 9.07. The van der Waals surface area contributed by atoms with Crippen molar-refractivity contribution in [2.24, 2.45) is 0 Å². The smallest absolute Gasteiger partial charge is 0.0715 e. The van der Waals surface area contributed by atoms with Crippen molar-refractivity contribution in [3.8, 4) is 0 Å². The molecule has 2 fully saturated rings. The molecule has 104 valence electrons. The molecule has 2 aliphatic rings. The summed E-state index contributed by atoms with van der Waals surface area (Å²) in [7, 11) is 0. The second-order valence-electron chi connectivity index (χ2n) is 5.90. The molecular weight excluding hydrogens is 281 g/mol. The highest BCUT2D eigenvalue weighted by molar-refractivity contribution is 6.42. The number of hydrogen-bond acceptors (Lipinski definition) is 2. The fraction of sp³-hybridized carbons (Fsp3) is 0.600. The average Bonchev–Trinajstić information content (AvgIpc) is 2.82. The lowest BCUT2D eigenvalue weighted by Gasteiger charge is -2.41. The molecule has 2 saturated heterocycles. The van der Waals surface area contributed by atoms with Crippen LogP contribution < -0.4 is 0 Å². The maximum atomic E-state index is 10.9. The molecule has 2 unspecified atom stereocenters. The van der Waals surface area contributed by atoms with Crippen molar-refractivity contribution in [2.75, 3.05) is 13.1 Å². The van der Waals surface area contributed by atoms with Gasteiger partial charge in [-0.15, -0.1) is 0 Å². The predicted octanol–water partition coefficient (Wildman–Crippen LogP) is 3.53. The maximum absolute atomic E-state index is 10.9. The minimum absolute atomic E-state index is 0.553. The molecule has 2 atom stereocenters. The van der Waals surface area contributed by atoms with Crippen LogP contribution in [0.2, 0.25) is 10.0 Å². The van der Waals surface area contributed by atoms with E-state index in [2.05, 4.69) is 4.90 Å². The Balaban J connectivity index is 1.76. The van der Waals surface area contributed by atoms with E-state index in [0.717, 1.165) is 24.9 Å². The van der Waals surface area contributed by atoms with E-state index >= 15 is 0 Å². The lowest BCUT2D eigenvalue weighted by molar-refractivity contribution is -0.0353. The maximum Gasteiger partial charge on any atom is 0.0715 e. The molecule has 19 heavy (non-hydrogen) atoms. The highest BCUT2D eigenvalue weighted by Gasteiger charge is 2.40. The van der Waals surface area contributed by atoms with Gasteiger partial charge in [0.15, 0.2) is 0 Å². The molecule has 4 heteroatoms. The molecular formula is C15H19Cl2NO. The summed E-state index contributed by atoms with van der Waals surface area (Å²) in [5.41, 5.74) is 0.336. The van der Waals surface area contributed by atoms with Crippen molar-refractivity contribution in [1.82, 2.24) is 4.90 Å². The Morgan fingerprint density at radius 2 is 2.16 bits per heavy atom. The van der Waals surface area contributed by atoms with E-state index < -0.39 is 5.60 Å². The topological polar surface area (TPSA) is 23.5 Å². The van der Waals surface area contributed by atoms with Crippen molar-refractivity contribution in [1.29, 1.82) is 0 Å². The molecule has 0 aromatic heterocycles.